The van der Waals surface area contributed by atoms with Crippen molar-refractivity contribution in [1.82, 2.24) is 4.31 Å². The maximum absolute atomic E-state index is 13.4. The number of hydrogen-bond acceptors (Lipinski definition) is 3. The maximum atomic E-state index is 13.4. The summed E-state index contributed by atoms with van der Waals surface area (Å²) in [4.78, 5) is -0.534. The van der Waals surface area contributed by atoms with Crippen molar-refractivity contribution in [2.24, 2.45) is 0 Å². The van der Waals surface area contributed by atoms with Gasteiger partial charge in [-0.1, -0.05) is 12.0 Å². The molecule has 16 heavy (non-hydrogen) atoms. The molecule has 0 aromatic heterocycles. The zero-order valence-corrected chi connectivity index (χ0v) is 9.46. The van der Waals surface area contributed by atoms with Crippen LogP contribution in [0.3, 0.4) is 0 Å². The molecule has 0 unspecified atom stereocenters. The van der Waals surface area contributed by atoms with Gasteiger partial charge in [0.15, 0.2) is 0 Å². The molecule has 0 heterocycles. The van der Waals surface area contributed by atoms with Crippen molar-refractivity contribution in [3.8, 4) is 12.3 Å². The molecule has 1 rings (SSSR count). The summed E-state index contributed by atoms with van der Waals surface area (Å²) in [6.45, 7) is -0.143. The Kier molecular flexibility index (Phi) is 3.52. The monoisotopic (exact) mass is 242 g/mol. The highest BCUT2D eigenvalue weighted by molar-refractivity contribution is 7.89. The number of benzene rings is 1. The van der Waals surface area contributed by atoms with Crippen LogP contribution in [0, 0.1) is 18.2 Å². The summed E-state index contributed by atoms with van der Waals surface area (Å²) in [6.07, 6.45) is 5.00. The fourth-order valence-electron chi connectivity index (χ4n) is 1.17. The molecular formula is C10H11FN2O2S. The van der Waals surface area contributed by atoms with Crippen LogP contribution in [0.25, 0.3) is 0 Å². The molecule has 1 aromatic carbocycles. The van der Waals surface area contributed by atoms with Gasteiger partial charge in [0.2, 0.25) is 10.0 Å². The van der Waals surface area contributed by atoms with Gasteiger partial charge in [-0.2, -0.15) is 4.31 Å². The van der Waals surface area contributed by atoms with Crippen LogP contribution in [0.4, 0.5) is 10.1 Å². The summed E-state index contributed by atoms with van der Waals surface area (Å²) in [5.41, 5.74) is 5.31. The number of nitrogen functional groups attached to an aromatic ring is 1. The number of hydrogen-bond donors (Lipinski definition) is 1. The molecule has 2 N–H and O–H groups in total. The van der Waals surface area contributed by atoms with E-state index in [1.165, 1.54) is 19.2 Å². The van der Waals surface area contributed by atoms with Gasteiger partial charge in [0.25, 0.3) is 0 Å². The lowest BCUT2D eigenvalue weighted by Crippen LogP contribution is -2.28. The number of halogens is 1. The third-order valence-corrected chi connectivity index (χ3v) is 3.88. The van der Waals surface area contributed by atoms with Crippen molar-refractivity contribution in [2.75, 3.05) is 19.3 Å². The van der Waals surface area contributed by atoms with Crippen molar-refractivity contribution < 1.29 is 12.8 Å². The second kappa shape index (κ2) is 4.51. The third kappa shape index (κ3) is 2.15. The smallest absolute Gasteiger partial charge is 0.248 e. The first-order chi connectivity index (χ1) is 7.41. The third-order valence-electron chi connectivity index (χ3n) is 1.98. The van der Waals surface area contributed by atoms with E-state index in [0.717, 1.165) is 10.4 Å². The first-order valence-corrected chi connectivity index (χ1v) is 5.79. The molecule has 0 spiro atoms. The van der Waals surface area contributed by atoms with Gasteiger partial charge in [-0.15, -0.1) is 6.42 Å². The van der Waals surface area contributed by atoms with Gasteiger partial charge in [-0.05, 0) is 12.1 Å². The van der Waals surface area contributed by atoms with Gasteiger partial charge in [0.1, 0.15) is 10.7 Å². The topological polar surface area (TPSA) is 63.4 Å². The van der Waals surface area contributed by atoms with Crippen LogP contribution in [0.2, 0.25) is 0 Å². The second-order valence-corrected chi connectivity index (χ2v) is 5.11. The minimum absolute atomic E-state index is 0.135. The molecular weight excluding hydrogens is 231 g/mol. The standard InChI is InChI=1S/C10H11FN2O2S/c1-3-7-13(2)16(14,15)10-8(11)5-4-6-9(10)12/h1,4-6H,7,12H2,2H3. The first-order valence-electron chi connectivity index (χ1n) is 4.35. The number of anilines is 1. The molecule has 4 nitrogen and oxygen atoms in total. The first kappa shape index (κ1) is 12.5. The normalized spacial score (nSPS) is 11.4. The molecule has 0 bridgehead atoms. The van der Waals surface area contributed by atoms with Gasteiger partial charge in [0.05, 0.1) is 12.2 Å². The lowest BCUT2D eigenvalue weighted by molar-refractivity contribution is 0.493. The predicted octanol–water partition coefficient (Wildman–Crippen LogP) is 0.662. The Hall–Kier alpha value is -1.58. The van der Waals surface area contributed by atoms with Crippen LogP contribution in [0.1, 0.15) is 0 Å². The Labute approximate surface area is 93.9 Å². The summed E-state index contributed by atoms with van der Waals surface area (Å²) >= 11 is 0. The van der Waals surface area contributed by atoms with Gasteiger partial charge in [-0.25, -0.2) is 12.8 Å². The van der Waals surface area contributed by atoms with Crippen LogP contribution >= 0.6 is 0 Å². The van der Waals surface area contributed by atoms with Crippen LogP contribution in [0.5, 0.6) is 0 Å². The number of sulfonamides is 1. The molecule has 0 saturated carbocycles. The summed E-state index contributed by atoms with van der Waals surface area (Å²) < 4.78 is 38.0. The Balaban J connectivity index is 3.34. The summed E-state index contributed by atoms with van der Waals surface area (Å²) in [6, 6.07) is 3.69. The van der Waals surface area contributed by atoms with Crippen LogP contribution in [-0.2, 0) is 10.0 Å². The van der Waals surface area contributed by atoms with Gasteiger partial charge < -0.3 is 5.73 Å². The zero-order valence-electron chi connectivity index (χ0n) is 8.64. The van der Waals surface area contributed by atoms with E-state index in [0.29, 0.717) is 0 Å². The Morgan fingerprint density at radius 1 is 1.56 bits per heavy atom. The quantitative estimate of drug-likeness (QED) is 0.625. The molecule has 0 aliphatic carbocycles. The average Bonchev–Trinajstić information content (AvgIpc) is 2.17. The van der Waals surface area contributed by atoms with E-state index < -0.39 is 20.7 Å². The van der Waals surface area contributed by atoms with Crippen molar-refractivity contribution in [3.05, 3.63) is 24.0 Å². The van der Waals surface area contributed by atoms with Crippen LogP contribution < -0.4 is 5.73 Å². The summed E-state index contributed by atoms with van der Waals surface area (Å²) in [7, 11) is -2.71. The Bertz CT molecular complexity index is 514. The van der Waals surface area contributed by atoms with Crippen molar-refractivity contribution in [1.29, 1.82) is 0 Å². The highest BCUT2D eigenvalue weighted by Crippen LogP contribution is 2.24. The molecule has 0 atom stereocenters. The highest BCUT2D eigenvalue weighted by atomic mass is 32.2. The lowest BCUT2D eigenvalue weighted by atomic mass is 10.3. The van der Waals surface area contributed by atoms with Gasteiger partial charge in [0, 0.05) is 7.05 Å². The van der Waals surface area contributed by atoms with Gasteiger partial charge in [-0.3, -0.25) is 0 Å². The number of nitrogens with zero attached hydrogens (tertiary/aromatic N) is 1. The SMILES string of the molecule is C#CCN(C)S(=O)(=O)c1c(N)cccc1F. The number of rotatable bonds is 3. The molecule has 0 aliphatic heterocycles. The van der Waals surface area contributed by atoms with Crippen molar-refractivity contribution >= 4 is 15.7 Å². The summed E-state index contributed by atoms with van der Waals surface area (Å²) in [5, 5.41) is 0. The fourth-order valence-corrected chi connectivity index (χ4v) is 2.40. The molecule has 0 radical (unpaired) electrons. The summed E-state index contributed by atoms with van der Waals surface area (Å²) in [5.74, 6) is 1.28. The van der Waals surface area contributed by atoms with E-state index in [4.69, 9.17) is 12.2 Å². The minimum Gasteiger partial charge on any atom is -0.398 e. The highest BCUT2D eigenvalue weighted by Gasteiger charge is 2.26. The van der Waals surface area contributed by atoms with E-state index >= 15 is 0 Å². The van der Waals surface area contributed by atoms with E-state index in [9.17, 15) is 12.8 Å². The Morgan fingerprint density at radius 3 is 2.69 bits per heavy atom. The zero-order chi connectivity index (χ0) is 12.3. The average molecular weight is 242 g/mol. The Morgan fingerprint density at radius 2 is 2.19 bits per heavy atom. The van der Waals surface area contributed by atoms with E-state index in [1.807, 2.05) is 0 Å². The molecule has 0 saturated heterocycles. The van der Waals surface area contributed by atoms with E-state index in [-0.39, 0.29) is 12.2 Å². The maximum Gasteiger partial charge on any atom is 0.248 e. The fraction of sp³-hybridized carbons (Fsp3) is 0.200. The molecule has 86 valence electrons. The van der Waals surface area contributed by atoms with Crippen molar-refractivity contribution in [3.63, 3.8) is 0 Å². The predicted molar refractivity (Wildman–Crippen MR) is 59.5 cm³/mol. The molecule has 1 aromatic rings. The van der Waals surface area contributed by atoms with E-state index in [2.05, 4.69) is 5.92 Å². The molecule has 6 heteroatoms. The van der Waals surface area contributed by atoms with Crippen LogP contribution in [-0.4, -0.2) is 26.3 Å². The molecule has 0 aliphatic rings. The molecule has 0 fully saturated rings. The lowest BCUT2D eigenvalue weighted by Gasteiger charge is -2.16. The van der Waals surface area contributed by atoms with Crippen molar-refractivity contribution in [2.45, 2.75) is 4.90 Å². The molecule has 0 amide bonds. The second-order valence-electron chi connectivity index (χ2n) is 3.12. The largest absolute Gasteiger partial charge is 0.398 e. The number of nitrogens with two attached hydrogens (primary N) is 1. The van der Waals surface area contributed by atoms with Crippen LogP contribution in [0.15, 0.2) is 23.1 Å². The number of terminal acetylenes is 1. The van der Waals surface area contributed by atoms with Gasteiger partial charge >= 0.3 is 0 Å². The van der Waals surface area contributed by atoms with E-state index in [1.54, 1.807) is 0 Å². The minimum atomic E-state index is -3.97.